The molecule has 5 rings (SSSR count). The number of hydrogen-bond donors (Lipinski definition) is 0. The van der Waals surface area contributed by atoms with E-state index in [1.807, 2.05) is 22.9 Å². The molecule has 8 nitrogen and oxygen atoms in total. The van der Waals surface area contributed by atoms with Crippen molar-refractivity contribution >= 4 is 0 Å². The van der Waals surface area contributed by atoms with E-state index in [4.69, 9.17) is 9.47 Å². The first kappa shape index (κ1) is 24.9. The van der Waals surface area contributed by atoms with Crippen molar-refractivity contribution in [1.82, 2.24) is 30.0 Å². The molecule has 0 saturated carbocycles. The minimum atomic E-state index is -0.158. The second kappa shape index (κ2) is 12.0. The molecule has 37 heavy (non-hydrogen) atoms. The second-order valence-electron chi connectivity index (χ2n) is 9.30. The summed E-state index contributed by atoms with van der Waals surface area (Å²) in [4.78, 5) is 4.97. The Morgan fingerprint density at radius 3 is 2.19 bits per heavy atom. The summed E-state index contributed by atoms with van der Waals surface area (Å²) in [6, 6.07) is 26.9. The molecule has 1 aliphatic rings. The number of methoxy groups -OCH3 is 2. The topological polar surface area (TPSA) is 68.5 Å². The van der Waals surface area contributed by atoms with Gasteiger partial charge in [0.15, 0.2) is 5.82 Å². The molecule has 1 aromatic heterocycles. The zero-order valence-corrected chi connectivity index (χ0v) is 21.5. The number of aromatic nitrogens is 4. The highest BCUT2D eigenvalue weighted by Gasteiger charge is 2.33. The first-order chi connectivity index (χ1) is 18.2. The highest BCUT2D eigenvalue weighted by Crippen LogP contribution is 2.36. The molecule has 0 amide bonds. The molecule has 1 saturated heterocycles. The monoisotopic (exact) mass is 498 g/mol. The summed E-state index contributed by atoms with van der Waals surface area (Å²) >= 11 is 0. The second-order valence-corrected chi connectivity index (χ2v) is 9.30. The lowest BCUT2D eigenvalue weighted by atomic mass is 10.0. The van der Waals surface area contributed by atoms with E-state index in [0.29, 0.717) is 6.54 Å². The molecule has 8 heteroatoms. The van der Waals surface area contributed by atoms with Gasteiger partial charge in [0, 0.05) is 44.8 Å². The quantitative estimate of drug-likeness (QED) is 0.329. The Morgan fingerprint density at radius 2 is 1.51 bits per heavy atom. The van der Waals surface area contributed by atoms with Gasteiger partial charge in [-0.3, -0.25) is 9.80 Å². The lowest BCUT2D eigenvalue weighted by Crippen LogP contribution is -2.48. The first-order valence-electron chi connectivity index (χ1n) is 12.8. The van der Waals surface area contributed by atoms with E-state index >= 15 is 0 Å². The molecular weight excluding hydrogens is 464 g/mol. The number of hydrogen-bond acceptors (Lipinski definition) is 7. The van der Waals surface area contributed by atoms with Crippen LogP contribution in [0, 0.1) is 0 Å². The van der Waals surface area contributed by atoms with Crippen LogP contribution in [0.2, 0.25) is 0 Å². The van der Waals surface area contributed by atoms with Crippen molar-refractivity contribution in [1.29, 1.82) is 0 Å². The van der Waals surface area contributed by atoms with Gasteiger partial charge in [-0.15, -0.1) is 5.10 Å². The summed E-state index contributed by atoms with van der Waals surface area (Å²) in [5, 5.41) is 13.0. The lowest BCUT2D eigenvalue weighted by Gasteiger charge is -2.39. The molecular formula is C29H34N6O2. The van der Waals surface area contributed by atoms with Crippen molar-refractivity contribution in [3.8, 4) is 11.5 Å². The molecule has 1 atom stereocenters. The third-order valence-electron chi connectivity index (χ3n) is 7.01. The highest BCUT2D eigenvalue weighted by atomic mass is 16.5. The molecule has 4 aromatic rings. The predicted octanol–water partition coefficient (Wildman–Crippen LogP) is 3.84. The zero-order chi connectivity index (χ0) is 25.5. The SMILES string of the molecule is COc1ccc(OC)c([C@H](c2nnnn2CCc2ccccc2)N2CCN(Cc3ccccc3)CC2)c1. The van der Waals surface area contributed by atoms with Crippen molar-refractivity contribution in [3.63, 3.8) is 0 Å². The van der Waals surface area contributed by atoms with Crippen molar-refractivity contribution in [3.05, 3.63) is 101 Å². The zero-order valence-electron chi connectivity index (χ0n) is 21.5. The number of benzene rings is 3. The van der Waals surface area contributed by atoms with Gasteiger partial charge < -0.3 is 9.47 Å². The summed E-state index contributed by atoms with van der Waals surface area (Å²) in [6.45, 7) is 5.36. The Morgan fingerprint density at radius 1 is 0.811 bits per heavy atom. The van der Waals surface area contributed by atoms with Crippen molar-refractivity contribution in [2.45, 2.75) is 25.6 Å². The van der Waals surface area contributed by atoms with E-state index in [2.05, 4.69) is 86.0 Å². The van der Waals surface area contributed by atoms with Gasteiger partial charge in [0.1, 0.15) is 17.5 Å². The Hall–Kier alpha value is -3.75. The van der Waals surface area contributed by atoms with Gasteiger partial charge in [0.25, 0.3) is 0 Å². The minimum absolute atomic E-state index is 0.158. The number of piperazine rings is 1. The van der Waals surface area contributed by atoms with E-state index in [1.165, 1.54) is 11.1 Å². The molecule has 0 bridgehead atoms. The maximum Gasteiger partial charge on any atom is 0.173 e. The van der Waals surface area contributed by atoms with Crippen LogP contribution >= 0.6 is 0 Å². The fourth-order valence-corrected chi connectivity index (χ4v) is 5.02. The number of aryl methyl sites for hydroxylation is 2. The van der Waals surface area contributed by atoms with Crippen LogP contribution in [0.5, 0.6) is 11.5 Å². The fraction of sp³-hybridized carbons (Fsp3) is 0.345. The average molecular weight is 499 g/mol. The van der Waals surface area contributed by atoms with Gasteiger partial charge in [-0.2, -0.15) is 0 Å². The summed E-state index contributed by atoms with van der Waals surface area (Å²) in [6.07, 6.45) is 0.853. The summed E-state index contributed by atoms with van der Waals surface area (Å²) in [5.74, 6) is 2.40. The molecule has 192 valence electrons. The normalized spacial score (nSPS) is 15.4. The van der Waals surface area contributed by atoms with E-state index in [1.54, 1.807) is 14.2 Å². The fourth-order valence-electron chi connectivity index (χ4n) is 5.02. The van der Waals surface area contributed by atoms with Crippen molar-refractivity contribution in [2.24, 2.45) is 0 Å². The van der Waals surface area contributed by atoms with E-state index in [9.17, 15) is 0 Å². The molecule has 0 aliphatic carbocycles. The predicted molar refractivity (Wildman–Crippen MR) is 143 cm³/mol. The largest absolute Gasteiger partial charge is 0.497 e. The van der Waals surface area contributed by atoms with Gasteiger partial charge in [0.2, 0.25) is 0 Å². The van der Waals surface area contributed by atoms with Crippen LogP contribution in [-0.2, 0) is 19.5 Å². The van der Waals surface area contributed by atoms with Gasteiger partial charge in [-0.25, -0.2) is 4.68 Å². The Balaban J connectivity index is 1.42. The summed E-state index contributed by atoms with van der Waals surface area (Å²) in [7, 11) is 3.39. The molecule has 2 heterocycles. The number of tetrazole rings is 1. The smallest absolute Gasteiger partial charge is 0.173 e. The Kier molecular flexibility index (Phi) is 8.08. The molecule has 0 unspecified atom stereocenters. The number of rotatable bonds is 10. The van der Waals surface area contributed by atoms with E-state index in [-0.39, 0.29) is 6.04 Å². The minimum Gasteiger partial charge on any atom is -0.497 e. The van der Waals surface area contributed by atoms with Crippen LogP contribution in [0.4, 0.5) is 0 Å². The van der Waals surface area contributed by atoms with Gasteiger partial charge >= 0.3 is 0 Å². The van der Waals surface area contributed by atoms with E-state index in [0.717, 1.165) is 62.0 Å². The van der Waals surface area contributed by atoms with Crippen LogP contribution in [0.25, 0.3) is 0 Å². The van der Waals surface area contributed by atoms with Gasteiger partial charge in [0.05, 0.1) is 14.2 Å². The standard InChI is InChI=1S/C29H34N6O2/c1-36-25-13-14-27(37-2)26(21-25)28(29-30-31-32-35(29)16-15-23-9-5-3-6-10-23)34-19-17-33(18-20-34)22-24-11-7-4-8-12-24/h3-14,21,28H,15-20,22H2,1-2H3/t28-/m1/s1. The van der Waals surface area contributed by atoms with Crippen molar-refractivity contribution < 1.29 is 9.47 Å². The molecule has 0 spiro atoms. The number of ether oxygens (including phenoxy) is 2. The maximum atomic E-state index is 5.81. The summed E-state index contributed by atoms with van der Waals surface area (Å²) in [5.41, 5.74) is 3.61. The van der Waals surface area contributed by atoms with Crippen LogP contribution in [0.3, 0.4) is 0 Å². The third kappa shape index (κ3) is 5.98. The molecule has 1 fully saturated rings. The highest BCUT2D eigenvalue weighted by molar-refractivity contribution is 5.44. The molecule has 3 aromatic carbocycles. The van der Waals surface area contributed by atoms with E-state index < -0.39 is 0 Å². The van der Waals surface area contributed by atoms with Crippen LogP contribution in [0.1, 0.15) is 28.6 Å². The Labute approximate surface area is 218 Å². The number of nitrogens with zero attached hydrogens (tertiary/aromatic N) is 6. The van der Waals surface area contributed by atoms with Gasteiger partial charge in [-0.1, -0.05) is 60.7 Å². The molecule has 0 radical (unpaired) electrons. The van der Waals surface area contributed by atoms with Crippen LogP contribution in [-0.4, -0.2) is 70.4 Å². The van der Waals surface area contributed by atoms with Crippen LogP contribution in [0.15, 0.2) is 78.9 Å². The third-order valence-corrected chi connectivity index (χ3v) is 7.01. The lowest BCUT2D eigenvalue weighted by molar-refractivity contribution is 0.0990. The maximum absolute atomic E-state index is 5.81. The van der Waals surface area contributed by atoms with Crippen LogP contribution < -0.4 is 9.47 Å². The molecule has 1 aliphatic heterocycles. The van der Waals surface area contributed by atoms with Gasteiger partial charge in [-0.05, 0) is 46.2 Å². The van der Waals surface area contributed by atoms with Crippen molar-refractivity contribution in [2.75, 3.05) is 40.4 Å². The molecule has 0 N–H and O–H groups in total. The summed E-state index contributed by atoms with van der Waals surface area (Å²) < 4.78 is 13.3. The first-order valence-corrected chi connectivity index (χ1v) is 12.8. The Bertz CT molecular complexity index is 1260. The average Bonchev–Trinajstić information content (AvgIpc) is 3.42.